The van der Waals surface area contributed by atoms with Crippen molar-refractivity contribution in [2.24, 2.45) is 34.0 Å². The average molecular weight is 1050 g/mol. The number of rotatable bonds is 31. The number of nitrogens with one attached hydrogen (secondary N) is 8. The van der Waals surface area contributed by atoms with Crippen molar-refractivity contribution >= 4 is 59.2 Å². The molecule has 1 aliphatic carbocycles. The molecule has 2 heterocycles. The van der Waals surface area contributed by atoms with Gasteiger partial charge >= 0.3 is 5.97 Å². The van der Waals surface area contributed by atoms with Crippen molar-refractivity contribution in [2.75, 3.05) is 19.7 Å². The number of nitrogens with zero attached hydrogens (tertiary/aromatic N) is 3. The van der Waals surface area contributed by atoms with E-state index < -0.39 is 114 Å². The van der Waals surface area contributed by atoms with Gasteiger partial charge in [0, 0.05) is 37.8 Å². The van der Waals surface area contributed by atoms with E-state index in [1.807, 2.05) is 20.8 Å². The number of amides is 8. The minimum absolute atomic E-state index is 0.00297. The number of carbonyl (C=O) groups excluding carboxylic acids is 8. The Hall–Kier alpha value is -7.15. The number of aliphatic hydroxyl groups excluding tert-OH is 1. The predicted octanol–water partition coefficient (Wildman–Crippen LogP) is -1.91. The number of unbranched alkanes of at least 4 members (excludes halogenated alkanes) is 1. The van der Waals surface area contributed by atoms with E-state index in [-0.39, 0.29) is 69.3 Å². The molecular formula is C50H78N14O11. The number of imidazole rings is 1. The van der Waals surface area contributed by atoms with Crippen LogP contribution in [0.3, 0.4) is 0 Å². The highest BCUT2D eigenvalue weighted by atomic mass is 16.4. The molecule has 414 valence electrons. The molecule has 0 unspecified atom stereocenters. The lowest BCUT2D eigenvalue weighted by atomic mass is 10.0. The number of carbonyl (C=O) groups is 9. The number of aliphatic carboxylic acids is 1. The number of nitrogens with two attached hydrogens (primary N) is 3. The lowest BCUT2D eigenvalue weighted by Gasteiger charge is -2.30. The van der Waals surface area contributed by atoms with Gasteiger partial charge in [0.2, 0.25) is 47.3 Å². The maximum Gasteiger partial charge on any atom is 0.326 e. The van der Waals surface area contributed by atoms with Gasteiger partial charge < -0.3 is 74.5 Å². The van der Waals surface area contributed by atoms with E-state index in [4.69, 9.17) is 17.2 Å². The van der Waals surface area contributed by atoms with Crippen molar-refractivity contribution in [3.05, 3.63) is 54.1 Å². The molecule has 1 aromatic heterocycles. The van der Waals surface area contributed by atoms with Crippen molar-refractivity contribution in [1.82, 2.24) is 52.1 Å². The zero-order valence-corrected chi connectivity index (χ0v) is 43.6. The lowest BCUT2D eigenvalue weighted by Crippen LogP contribution is -2.62. The molecule has 2 fully saturated rings. The zero-order chi connectivity index (χ0) is 55.4. The fraction of sp³-hybridized carbons (Fsp3) is 0.620. The van der Waals surface area contributed by atoms with E-state index >= 15 is 0 Å². The summed E-state index contributed by atoms with van der Waals surface area (Å²) in [6.07, 6.45) is 6.19. The molecule has 1 saturated carbocycles. The lowest BCUT2D eigenvalue weighted by molar-refractivity contribution is -0.142. The monoisotopic (exact) mass is 1050 g/mol. The Morgan fingerprint density at radius 1 is 0.800 bits per heavy atom. The maximum absolute atomic E-state index is 14.1. The van der Waals surface area contributed by atoms with Gasteiger partial charge in [-0.05, 0) is 68.8 Å². The second-order valence-corrected chi connectivity index (χ2v) is 20.1. The Bertz CT molecular complexity index is 2290. The molecule has 0 radical (unpaired) electrons. The molecule has 1 saturated heterocycles. The van der Waals surface area contributed by atoms with Crippen LogP contribution in [0, 0.1) is 11.8 Å². The molecular weight excluding hydrogens is 973 g/mol. The van der Waals surface area contributed by atoms with E-state index in [1.54, 1.807) is 44.2 Å². The largest absolute Gasteiger partial charge is 0.480 e. The van der Waals surface area contributed by atoms with E-state index in [1.165, 1.54) is 17.4 Å². The Morgan fingerprint density at radius 2 is 1.44 bits per heavy atom. The van der Waals surface area contributed by atoms with Crippen LogP contribution in [0.15, 0.2) is 47.8 Å². The molecule has 0 spiro atoms. The third kappa shape index (κ3) is 18.6. The van der Waals surface area contributed by atoms with Crippen LogP contribution in [0.2, 0.25) is 0 Å². The summed E-state index contributed by atoms with van der Waals surface area (Å²) in [6.45, 7) is 8.35. The average Bonchev–Trinajstić information content (AvgIpc) is 3.68. The normalized spacial score (nSPS) is 17.5. The van der Waals surface area contributed by atoms with Crippen molar-refractivity contribution in [3.63, 3.8) is 0 Å². The Balaban J connectivity index is 1.48. The standard InChI is InChI=1S/C50H78N14O11/c1-6-7-15-32(51)46(72)64-21-12-17-38(64)44(70)59-34(22-28(2)3)41(67)58-35(24-31-25-54-27-56-31)42(68)60-37(26-65)43(69)57-33(16-11-20-55-49(52)53)40(66)62-39(29(4)5)45(71)63-50(18-19-50)48(75)61-36(47(73)74)23-30-13-9-8-10-14-30/h8-10,13-14,25,27-29,32-39,65H,6-7,11-12,15-24,26,51H2,1-5H3,(H,54,56)(H,57,69)(H,58,67)(H,59,70)(H,60,68)(H,61,75)(H,62,66)(H,63,71)(H,73,74)(H4,52,53,55)/t32-,33-,34-,35-,36-,37-,38-,39-/m0/s1. The summed E-state index contributed by atoms with van der Waals surface area (Å²) >= 11 is 0. The molecule has 0 bridgehead atoms. The number of carboxylic acid groups (broad SMARTS) is 1. The van der Waals surface area contributed by atoms with Gasteiger partial charge in [-0.15, -0.1) is 0 Å². The van der Waals surface area contributed by atoms with Crippen LogP contribution in [-0.4, -0.2) is 158 Å². The van der Waals surface area contributed by atoms with Crippen molar-refractivity contribution in [3.8, 4) is 0 Å². The van der Waals surface area contributed by atoms with Gasteiger partial charge in [-0.3, -0.25) is 43.3 Å². The van der Waals surface area contributed by atoms with Crippen molar-refractivity contribution in [1.29, 1.82) is 0 Å². The van der Waals surface area contributed by atoms with Gasteiger partial charge in [0.15, 0.2) is 5.96 Å². The summed E-state index contributed by atoms with van der Waals surface area (Å²) in [7, 11) is 0. The van der Waals surface area contributed by atoms with Crippen LogP contribution >= 0.6 is 0 Å². The number of carboxylic acids is 1. The van der Waals surface area contributed by atoms with E-state index in [2.05, 4.69) is 52.2 Å². The molecule has 1 aromatic carbocycles. The highest BCUT2D eigenvalue weighted by Gasteiger charge is 2.53. The Labute approximate surface area is 436 Å². The maximum atomic E-state index is 14.1. The molecule has 1 aliphatic heterocycles. The Kier molecular flexibility index (Phi) is 23.4. The molecule has 75 heavy (non-hydrogen) atoms. The van der Waals surface area contributed by atoms with Crippen molar-refractivity contribution < 1.29 is 53.4 Å². The third-order valence-corrected chi connectivity index (χ3v) is 13.1. The van der Waals surface area contributed by atoms with Gasteiger partial charge in [0.25, 0.3) is 0 Å². The highest BCUT2D eigenvalue weighted by Crippen LogP contribution is 2.36. The van der Waals surface area contributed by atoms with Crippen LogP contribution in [0.25, 0.3) is 0 Å². The number of hydrogen-bond donors (Lipinski definition) is 13. The summed E-state index contributed by atoms with van der Waals surface area (Å²) in [5, 5.41) is 38.7. The van der Waals surface area contributed by atoms with Crippen LogP contribution in [0.5, 0.6) is 0 Å². The van der Waals surface area contributed by atoms with E-state index in [0.717, 1.165) is 12.8 Å². The first-order valence-corrected chi connectivity index (χ1v) is 25.7. The van der Waals surface area contributed by atoms with Crippen LogP contribution in [-0.2, 0) is 56.0 Å². The van der Waals surface area contributed by atoms with Gasteiger partial charge in [-0.1, -0.05) is 77.8 Å². The fourth-order valence-electron chi connectivity index (χ4n) is 8.63. The minimum atomic E-state index is -1.69. The minimum Gasteiger partial charge on any atom is -0.480 e. The van der Waals surface area contributed by atoms with Gasteiger partial charge in [0.05, 0.1) is 19.0 Å². The first-order valence-electron chi connectivity index (χ1n) is 25.7. The summed E-state index contributed by atoms with van der Waals surface area (Å²) < 4.78 is 0. The zero-order valence-electron chi connectivity index (χ0n) is 43.6. The van der Waals surface area contributed by atoms with E-state index in [0.29, 0.717) is 37.1 Å². The first kappa shape index (κ1) is 60.4. The second-order valence-electron chi connectivity index (χ2n) is 20.1. The molecule has 2 aliphatic rings. The topological polar surface area (TPSA) is 401 Å². The number of hydrogen-bond acceptors (Lipinski definition) is 13. The first-order chi connectivity index (χ1) is 35.6. The van der Waals surface area contributed by atoms with Crippen LogP contribution in [0.1, 0.15) is 110 Å². The molecule has 8 atom stereocenters. The number of guanidine groups is 1. The fourth-order valence-corrected chi connectivity index (χ4v) is 8.63. The Morgan fingerprint density at radius 3 is 2.03 bits per heavy atom. The summed E-state index contributed by atoms with van der Waals surface area (Å²) in [6, 6.07) is -1.14. The smallest absolute Gasteiger partial charge is 0.326 e. The van der Waals surface area contributed by atoms with Crippen molar-refractivity contribution in [2.45, 2.75) is 166 Å². The van der Waals surface area contributed by atoms with E-state index in [9.17, 15) is 53.4 Å². The highest BCUT2D eigenvalue weighted by molar-refractivity contribution is 6.00. The van der Waals surface area contributed by atoms with Gasteiger partial charge in [-0.25, -0.2) is 9.78 Å². The van der Waals surface area contributed by atoms with Gasteiger partial charge in [0.1, 0.15) is 47.8 Å². The molecule has 4 rings (SSSR count). The number of likely N-dealkylation sites (tertiary alicyclic amines) is 1. The van der Waals surface area contributed by atoms with Gasteiger partial charge in [-0.2, -0.15) is 0 Å². The summed E-state index contributed by atoms with van der Waals surface area (Å²) in [5.41, 5.74) is 16.8. The number of aromatic amines is 1. The predicted molar refractivity (Wildman–Crippen MR) is 275 cm³/mol. The quantitative estimate of drug-likeness (QED) is 0.0223. The molecule has 2 aromatic rings. The summed E-state index contributed by atoms with van der Waals surface area (Å²) in [4.78, 5) is 135. The SMILES string of the molecule is CCCC[C@H](N)C(=O)N1CCC[C@H]1C(=O)N[C@@H](CC(C)C)C(=O)N[C@@H](Cc1cnc[nH]1)C(=O)N[C@@H](CO)C(=O)N[C@@H](CCCN=C(N)N)C(=O)N[C@H](C(=O)NC1(C(=O)N[C@@H](Cc2ccccc2)C(=O)O)CC1)C(C)C. The van der Waals surface area contributed by atoms with Crippen LogP contribution < -0.4 is 54.4 Å². The third-order valence-electron chi connectivity index (χ3n) is 13.1. The molecule has 16 N–H and O–H groups in total. The number of aliphatic imine (C=N–C) groups is 1. The summed E-state index contributed by atoms with van der Waals surface area (Å²) in [5.74, 6) is -8.04. The molecule has 8 amide bonds. The van der Waals surface area contributed by atoms with Crippen LogP contribution in [0.4, 0.5) is 0 Å². The molecule has 25 heteroatoms. The molecule has 25 nitrogen and oxygen atoms in total. The number of aromatic nitrogens is 2. The number of H-pyrrole nitrogens is 1. The number of aliphatic hydroxyl groups is 1. The second kappa shape index (κ2) is 29.1. The number of benzene rings is 1.